The lowest BCUT2D eigenvalue weighted by Crippen LogP contribution is -2.31. The first-order chi connectivity index (χ1) is 8.95. The number of hydrogen-bond donors (Lipinski definition) is 3. The van der Waals surface area contributed by atoms with Gasteiger partial charge in [-0.15, -0.1) is 0 Å². The van der Waals surface area contributed by atoms with Crippen LogP contribution in [0.25, 0.3) is 0 Å². The molecular formula is C15H23N3O. The number of nitrogens with two attached hydrogens (primary N) is 2. The van der Waals surface area contributed by atoms with Gasteiger partial charge in [0.15, 0.2) is 0 Å². The minimum absolute atomic E-state index is 0.403. The number of amides is 1. The maximum atomic E-state index is 11.5. The number of primary amides is 1. The molecular weight excluding hydrogens is 238 g/mol. The fraction of sp³-hybridized carbons (Fsp3) is 0.533. The van der Waals surface area contributed by atoms with Crippen LogP contribution in [0, 0.1) is 11.8 Å². The van der Waals surface area contributed by atoms with Crippen molar-refractivity contribution in [2.45, 2.75) is 39.2 Å². The third-order valence-corrected chi connectivity index (χ3v) is 3.85. The highest BCUT2D eigenvalue weighted by Crippen LogP contribution is 2.31. The molecule has 0 bridgehead atoms. The first-order valence-electron chi connectivity index (χ1n) is 6.91. The van der Waals surface area contributed by atoms with Crippen molar-refractivity contribution >= 4 is 17.3 Å². The van der Waals surface area contributed by atoms with Crippen LogP contribution >= 0.6 is 0 Å². The summed E-state index contributed by atoms with van der Waals surface area (Å²) in [4.78, 5) is 11.5. The molecule has 1 aromatic carbocycles. The number of carbonyl (C=O) groups excluding carboxylic acids is 1. The molecule has 19 heavy (non-hydrogen) atoms. The standard InChI is InChI=1S/C15H23N3O/c1-9-5-10(2)7-12(6-9)18-14-4-3-11(16)8-13(14)15(17)19/h3-4,8-10,12,18H,5-7,16H2,1-2H3,(H2,17,19). The van der Waals surface area contributed by atoms with Gasteiger partial charge in [0, 0.05) is 17.4 Å². The predicted octanol–water partition coefficient (Wildman–Crippen LogP) is 2.60. The summed E-state index contributed by atoms with van der Waals surface area (Å²) in [6.45, 7) is 4.56. The van der Waals surface area contributed by atoms with Gasteiger partial charge in [0.2, 0.25) is 0 Å². The molecule has 0 heterocycles. The molecule has 1 aliphatic rings. The molecule has 0 saturated heterocycles. The summed E-state index contributed by atoms with van der Waals surface area (Å²) in [5.41, 5.74) is 13.0. The summed E-state index contributed by atoms with van der Waals surface area (Å²) in [5, 5.41) is 3.46. The Morgan fingerprint density at radius 1 is 1.21 bits per heavy atom. The van der Waals surface area contributed by atoms with Gasteiger partial charge in [-0.2, -0.15) is 0 Å². The van der Waals surface area contributed by atoms with Gasteiger partial charge in [0.05, 0.1) is 5.56 Å². The van der Waals surface area contributed by atoms with E-state index in [9.17, 15) is 4.79 Å². The Bertz CT molecular complexity index is 462. The second kappa shape index (κ2) is 5.51. The quantitative estimate of drug-likeness (QED) is 0.731. The van der Waals surface area contributed by atoms with Crippen molar-refractivity contribution in [3.63, 3.8) is 0 Å². The second-order valence-electron chi connectivity index (χ2n) is 5.93. The molecule has 4 heteroatoms. The minimum Gasteiger partial charge on any atom is -0.399 e. The van der Waals surface area contributed by atoms with E-state index in [0.717, 1.165) is 18.5 Å². The number of rotatable bonds is 3. The van der Waals surface area contributed by atoms with Gasteiger partial charge in [-0.05, 0) is 49.3 Å². The summed E-state index contributed by atoms with van der Waals surface area (Å²) in [7, 11) is 0. The number of carbonyl (C=O) groups is 1. The highest BCUT2D eigenvalue weighted by atomic mass is 16.1. The molecule has 1 aromatic rings. The molecule has 1 amide bonds. The van der Waals surface area contributed by atoms with E-state index in [4.69, 9.17) is 11.5 Å². The topological polar surface area (TPSA) is 81.1 Å². The Morgan fingerprint density at radius 2 is 1.84 bits per heavy atom. The van der Waals surface area contributed by atoms with Gasteiger partial charge >= 0.3 is 0 Å². The third kappa shape index (κ3) is 3.40. The zero-order valence-electron chi connectivity index (χ0n) is 11.6. The first kappa shape index (κ1) is 13.7. The van der Waals surface area contributed by atoms with E-state index in [1.807, 2.05) is 6.07 Å². The monoisotopic (exact) mass is 261 g/mol. The minimum atomic E-state index is -0.438. The molecule has 5 N–H and O–H groups in total. The van der Waals surface area contributed by atoms with Crippen molar-refractivity contribution in [2.75, 3.05) is 11.1 Å². The van der Waals surface area contributed by atoms with Crippen molar-refractivity contribution in [3.8, 4) is 0 Å². The van der Waals surface area contributed by atoms with Crippen molar-refractivity contribution in [3.05, 3.63) is 23.8 Å². The van der Waals surface area contributed by atoms with Crippen molar-refractivity contribution in [1.29, 1.82) is 0 Å². The van der Waals surface area contributed by atoms with Gasteiger partial charge in [-0.3, -0.25) is 4.79 Å². The van der Waals surface area contributed by atoms with Crippen LogP contribution in [0.2, 0.25) is 0 Å². The van der Waals surface area contributed by atoms with E-state index < -0.39 is 5.91 Å². The highest BCUT2D eigenvalue weighted by Gasteiger charge is 2.24. The Kier molecular flexibility index (Phi) is 3.98. The number of benzene rings is 1. The van der Waals surface area contributed by atoms with Crippen LogP contribution in [-0.2, 0) is 0 Å². The fourth-order valence-electron chi connectivity index (χ4n) is 3.18. The van der Waals surface area contributed by atoms with Gasteiger partial charge in [0.1, 0.15) is 0 Å². The Balaban J connectivity index is 2.16. The molecule has 0 aromatic heterocycles. The zero-order chi connectivity index (χ0) is 14.0. The predicted molar refractivity (Wildman–Crippen MR) is 79.0 cm³/mol. The highest BCUT2D eigenvalue weighted by molar-refractivity contribution is 5.99. The molecule has 0 radical (unpaired) electrons. The lowest BCUT2D eigenvalue weighted by atomic mass is 9.80. The van der Waals surface area contributed by atoms with Gasteiger partial charge < -0.3 is 16.8 Å². The molecule has 2 rings (SSSR count). The van der Waals surface area contributed by atoms with Crippen molar-refractivity contribution in [2.24, 2.45) is 17.6 Å². The number of hydrogen-bond acceptors (Lipinski definition) is 3. The van der Waals surface area contributed by atoms with E-state index in [-0.39, 0.29) is 0 Å². The summed E-state index contributed by atoms with van der Waals surface area (Å²) in [6, 6.07) is 5.69. The largest absolute Gasteiger partial charge is 0.399 e. The van der Waals surface area contributed by atoms with Crippen LogP contribution in [0.1, 0.15) is 43.5 Å². The van der Waals surface area contributed by atoms with Crippen molar-refractivity contribution < 1.29 is 4.79 Å². The maximum Gasteiger partial charge on any atom is 0.250 e. The molecule has 1 aliphatic carbocycles. The lowest BCUT2D eigenvalue weighted by Gasteiger charge is -2.33. The van der Waals surface area contributed by atoms with Crippen LogP contribution in [-0.4, -0.2) is 11.9 Å². The Labute approximate surface area is 114 Å². The van der Waals surface area contributed by atoms with E-state index in [2.05, 4.69) is 19.2 Å². The van der Waals surface area contributed by atoms with Crippen LogP contribution in [0.3, 0.4) is 0 Å². The van der Waals surface area contributed by atoms with Gasteiger partial charge in [0.25, 0.3) is 5.91 Å². The normalized spacial score (nSPS) is 26.9. The molecule has 0 spiro atoms. The summed E-state index contributed by atoms with van der Waals surface area (Å²) in [5.74, 6) is 0.992. The molecule has 0 aliphatic heterocycles. The molecule has 2 unspecified atom stereocenters. The van der Waals surface area contributed by atoms with Gasteiger partial charge in [-0.25, -0.2) is 0 Å². The average Bonchev–Trinajstić information content (AvgIpc) is 2.30. The summed E-state index contributed by atoms with van der Waals surface area (Å²) < 4.78 is 0. The summed E-state index contributed by atoms with van der Waals surface area (Å²) in [6.07, 6.45) is 3.54. The first-order valence-corrected chi connectivity index (χ1v) is 6.91. The summed E-state index contributed by atoms with van der Waals surface area (Å²) >= 11 is 0. The van der Waals surface area contributed by atoms with Crippen LogP contribution in [0.15, 0.2) is 18.2 Å². The van der Waals surface area contributed by atoms with Crippen LogP contribution in [0.5, 0.6) is 0 Å². The van der Waals surface area contributed by atoms with Crippen molar-refractivity contribution in [1.82, 2.24) is 0 Å². The number of anilines is 2. The van der Waals surface area contributed by atoms with E-state index in [0.29, 0.717) is 29.1 Å². The molecule has 4 nitrogen and oxygen atoms in total. The van der Waals surface area contributed by atoms with Crippen LogP contribution in [0.4, 0.5) is 11.4 Å². The van der Waals surface area contributed by atoms with Crippen LogP contribution < -0.4 is 16.8 Å². The van der Waals surface area contributed by atoms with E-state index >= 15 is 0 Å². The second-order valence-corrected chi connectivity index (χ2v) is 5.93. The van der Waals surface area contributed by atoms with Gasteiger partial charge in [-0.1, -0.05) is 13.8 Å². The lowest BCUT2D eigenvalue weighted by molar-refractivity contribution is 0.100. The number of nitrogen functional groups attached to an aromatic ring is 1. The van der Waals surface area contributed by atoms with E-state index in [1.54, 1.807) is 12.1 Å². The smallest absolute Gasteiger partial charge is 0.250 e. The maximum absolute atomic E-state index is 11.5. The SMILES string of the molecule is CC1CC(C)CC(Nc2ccc(N)cc2C(N)=O)C1. The Morgan fingerprint density at radius 3 is 2.42 bits per heavy atom. The van der Waals surface area contributed by atoms with E-state index in [1.165, 1.54) is 6.42 Å². The molecule has 1 saturated carbocycles. The molecule has 1 fully saturated rings. The Hall–Kier alpha value is -1.71. The third-order valence-electron chi connectivity index (χ3n) is 3.85. The number of nitrogens with one attached hydrogen (secondary N) is 1. The fourth-order valence-corrected chi connectivity index (χ4v) is 3.18. The molecule has 104 valence electrons. The average molecular weight is 261 g/mol. The molecule has 2 atom stereocenters. The zero-order valence-corrected chi connectivity index (χ0v) is 11.6.